The van der Waals surface area contributed by atoms with Crippen molar-refractivity contribution in [3.05, 3.63) is 151 Å². The Morgan fingerprint density at radius 1 is 0.619 bits per heavy atom. The van der Waals surface area contributed by atoms with Gasteiger partial charge in [0.15, 0.2) is 6.23 Å². The molecule has 0 spiro atoms. The van der Waals surface area contributed by atoms with Crippen LogP contribution in [-0.2, 0) is 0 Å². The maximum Gasteiger partial charge on any atom is 0.170 e. The van der Waals surface area contributed by atoms with Crippen LogP contribution in [0.2, 0.25) is 0 Å². The van der Waals surface area contributed by atoms with E-state index in [1.54, 1.807) is 0 Å². The summed E-state index contributed by atoms with van der Waals surface area (Å²) in [5, 5.41) is 60.4. The zero-order valence-corrected chi connectivity index (χ0v) is 36.3. The number of fused-ring (bicyclic) bond motifs is 2. The van der Waals surface area contributed by atoms with E-state index in [0.717, 1.165) is 38.8 Å². The van der Waals surface area contributed by atoms with Gasteiger partial charge in [0.05, 0.1) is 18.9 Å². The fourth-order valence-electron chi connectivity index (χ4n) is 7.62. The average molecular weight is 860 g/mol. The van der Waals surface area contributed by atoms with Crippen LogP contribution in [0.15, 0.2) is 140 Å². The number of aliphatic hydroxyl groups is 4. The predicted octanol–water partition coefficient (Wildman–Crippen LogP) is 6.10. The lowest BCUT2D eigenvalue weighted by Crippen LogP contribution is -2.64. The summed E-state index contributed by atoms with van der Waals surface area (Å²) >= 11 is 0. The van der Waals surface area contributed by atoms with E-state index in [2.05, 4.69) is 21.3 Å². The second-order valence-electron chi connectivity index (χ2n) is 15.8. The van der Waals surface area contributed by atoms with Crippen molar-refractivity contribution in [2.75, 3.05) is 52.7 Å². The Morgan fingerprint density at radius 2 is 1.25 bits per heavy atom. The zero-order chi connectivity index (χ0) is 44.3. The van der Waals surface area contributed by atoms with Crippen LogP contribution < -0.4 is 40.2 Å². The van der Waals surface area contributed by atoms with E-state index in [1.807, 2.05) is 153 Å². The Balaban J connectivity index is 1.19. The minimum atomic E-state index is -0.950. The van der Waals surface area contributed by atoms with E-state index in [0.29, 0.717) is 56.1 Å². The number of hydrogen-bond donors (Lipinski definition) is 8. The molecular formula is C51H63N4O8. The molecule has 0 fully saturated rings. The van der Waals surface area contributed by atoms with Gasteiger partial charge in [0.2, 0.25) is 0 Å². The first kappa shape index (κ1) is 47.2. The molecule has 0 saturated heterocycles. The molecule has 1 radical (unpaired) electrons. The molecule has 12 heteroatoms. The summed E-state index contributed by atoms with van der Waals surface area (Å²) in [6, 6.07) is 44.8. The second-order valence-corrected chi connectivity index (χ2v) is 15.8. The molecule has 0 aromatic heterocycles. The Kier molecular flexibility index (Phi) is 18.4. The summed E-state index contributed by atoms with van der Waals surface area (Å²) in [6.45, 7) is 5.25. The van der Waals surface area contributed by atoms with Crippen LogP contribution in [-0.4, -0.2) is 103 Å². The highest BCUT2D eigenvalue weighted by Crippen LogP contribution is 2.34. The molecule has 12 nitrogen and oxygen atoms in total. The van der Waals surface area contributed by atoms with E-state index < -0.39 is 30.2 Å². The molecule has 0 aliphatic heterocycles. The third-order valence-corrected chi connectivity index (χ3v) is 11.1. The second kappa shape index (κ2) is 24.5. The van der Waals surface area contributed by atoms with Gasteiger partial charge in [-0.1, -0.05) is 109 Å². The van der Waals surface area contributed by atoms with Crippen LogP contribution in [0.25, 0.3) is 21.5 Å². The summed E-state index contributed by atoms with van der Waals surface area (Å²) in [5.74, 6) is 3.70. The smallest absolute Gasteiger partial charge is 0.170 e. The van der Waals surface area contributed by atoms with Crippen molar-refractivity contribution in [1.29, 1.82) is 0 Å². The van der Waals surface area contributed by atoms with Crippen molar-refractivity contribution in [2.24, 2.45) is 0 Å². The van der Waals surface area contributed by atoms with E-state index in [1.165, 1.54) is 0 Å². The van der Waals surface area contributed by atoms with Gasteiger partial charge in [-0.05, 0) is 99.9 Å². The summed E-state index contributed by atoms with van der Waals surface area (Å²) in [4.78, 5) is 0. The largest absolute Gasteiger partial charge is 0.490 e. The van der Waals surface area contributed by atoms with Crippen molar-refractivity contribution in [3.63, 3.8) is 0 Å². The van der Waals surface area contributed by atoms with Gasteiger partial charge in [-0.25, -0.2) is 0 Å². The lowest BCUT2D eigenvalue weighted by Gasteiger charge is -2.44. The molecule has 0 aliphatic carbocycles. The van der Waals surface area contributed by atoms with Crippen LogP contribution >= 0.6 is 0 Å². The Labute approximate surface area is 371 Å². The normalized spacial score (nSPS) is 14.5. The van der Waals surface area contributed by atoms with Gasteiger partial charge in [0.25, 0.3) is 0 Å². The number of aryl methyl sites for hydroxylation is 1. The van der Waals surface area contributed by atoms with E-state index >= 15 is 0 Å². The molecule has 0 saturated carbocycles. The van der Waals surface area contributed by atoms with Gasteiger partial charge < -0.3 is 50.0 Å². The topological polar surface area (TPSA) is 166 Å². The van der Waals surface area contributed by atoms with Crippen LogP contribution in [0.5, 0.6) is 23.0 Å². The SMILES string of the molecule is Cc1ccc(OC(CO)CCNC(C)([C](CCNCC(O)COc2cccc3ccccc23)CCNC(O)COc2ccccc2)C(NCO)Oc2cccc3ccccc23)cc1. The Morgan fingerprint density at radius 3 is 1.95 bits per heavy atom. The monoisotopic (exact) mass is 859 g/mol. The van der Waals surface area contributed by atoms with Gasteiger partial charge >= 0.3 is 0 Å². The summed E-state index contributed by atoms with van der Waals surface area (Å²) in [6.07, 6.45) is -1.51. The van der Waals surface area contributed by atoms with Crippen molar-refractivity contribution in [2.45, 2.75) is 63.3 Å². The Hall–Kier alpha value is -5.28. The first-order valence-electron chi connectivity index (χ1n) is 21.8. The highest BCUT2D eigenvalue weighted by molar-refractivity contribution is 5.89. The molecule has 0 bridgehead atoms. The Bertz CT molecular complexity index is 2220. The molecule has 5 atom stereocenters. The molecule has 6 aromatic carbocycles. The quantitative estimate of drug-likeness (QED) is 0.0212. The molecule has 63 heavy (non-hydrogen) atoms. The number of nitrogens with one attached hydrogen (secondary N) is 4. The van der Waals surface area contributed by atoms with Gasteiger partial charge in [-0.15, -0.1) is 0 Å². The van der Waals surface area contributed by atoms with Crippen molar-refractivity contribution in [1.82, 2.24) is 21.3 Å². The average Bonchev–Trinajstić information content (AvgIpc) is 3.31. The van der Waals surface area contributed by atoms with E-state index in [9.17, 15) is 20.4 Å². The summed E-state index contributed by atoms with van der Waals surface area (Å²) in [5.41, 5.74) is 0.162. The minimum Gasteiger partial charge on any atom is -0.490 e. The minimum absolute atomic E-state index is 0.0531. The molecular weight excluding hydrogens is 797 g/mol. The summed E-state index contributed by atoms with van der Waals surface area (Å²) in [7, 11) is 0. The standard InChI is InChI=1S/C51H63N4O8/c1-37-22-24-43(25-23-37)62-44(33-56)28-31-55-51(2,50(54-36-57)63-48-21-11-15-39-13-7-9-19-46(39)48)40(27-30-53-49(59)35-60-42-16-4-3-5-17-42)26-29-52-32-41(58)34-61-47-20-10-14-38-12-6-8-18-45(38)47/h3-25,41,44,49-50,52-59H,26-36H2,1-2H3. The molecule has 0 amide bonds. The molecule has 8 N–H and O–H groups in total. The fourth-order valence-corrected chi connectivity index (χ4v) is 7.62. The number of ether oxygens (including phenoxy) is 4. The van der Waals surface area contributed by atoms with Gasteiger partial charge in [0.1, 0.15) is 54.6 Å². The predicted molar refractivity (Wildman–Crippen MR) is 249 cm³/mol. The van der Waals surface area contributed by atoms with Crippen LogP contribution in [0.1, 0.15) is 31.7 Å². The molecule has 0 heterocycles. The molecule has 6 rings (SSSR count). The molecule has 5 unspecified atom stereocenters. The molecule has 0 aliphatic rings. The number of rotatable bonds is 28. The molecule has 335 valence electrons. The van der Waals surface area contributed by atoms with Crippen molar-refractivity contribution >= 4 is 21.5 Å². The highest BCUT2D eigenvalue weighted by atomic mass is 16.5. The molecule has 6 aromatic rings. The maximum atomic E-state index is 11.0. The van der Waals surface area contributed by atoms with Crippen molar-refractivity contribution in [3.8, 4) is 23.0 Å². The van der Waals surface area contributed by atoms with Crippen LogP contribution in [0.3, 0.4) is 0 Å². The maximum absolute atomic E-state index is 11.0. The third kappa shape index (κ3) is 14.1. The zero-order valence-electron chi connectivity index (χ0n) is 36.3. The first-order chi connectivity index (χ1) is 30.7. The summed E-state index contributed by atoms with van der Waals surface area (Å²) < 4.78 is 24.9. The van der Waals surface area contributed by atoms with E-state index in [4.69, 9.17) is 18.9 Å². The van der Waals surface area contributed by atoms with Gasteiger partial charge in [-0.2, -0.15) is 0 Å². The first-order valence-corrected chi connectivity index (χ1v) is 21.8. The lowest BCUT2D eigenvalue weighted by molar-refractivity contribution is 0.0380. The number of aliphatic hydroxyl groups excluding tert-OH is 4. The number of para-hydroxylation sites is 1. The third-order valence-electron chi connectivity index (χ3n) is 11.1. The van der Waals surface area contributed by atoms with Crippen LogP contribution in [0, 0.1) is 12.8 Å². The van der Waals surface area contributed by atoms with Crippen molar-refractivity contribution < 1.29 is 39.4 Å². The van der Waals surface area contributed by atoms with Crippen LogP contribution in [0.4, 0.5) is 0 Å². The van der Waals surface area contributed by atoms with E-state index in [-0.39, 0.29) is 33.1 Å². The highest BCUT2D eigenvalue weighted by Gasteiger charge is 2.43. The number of hydrogen-bond acceptors (Lipinski definition) is 12. The number of benzene rings is 6. The lowest BCUT2D eigenvalue weighted by atomic mass is 9.78. The van der Waals surface area contributed by atoms with Gasteiger partial charge in [-0.3, -0.25) is 10.6 Å². The van der Waals surface area contributed by atoms with Gasteiger partial charge in [0, 0.05) is 23.2 Å². The fraction of sp³-hybridized carbons (Fsp3) is 0.353.